The molecule has 3 rings (SSSR count). The first-order valence-electron chi connectivity index (χ1n) is 7.67. The van der Waals surface area contributed by atoms with E-state index in [0.29, 0.717) is 0 Å². The molecule has 1 heterocycles. The molecule has 1 aliphatic carbocycles. The minimum Gasteiger partial charge on any atom is -0.335 e. The molecule has 1 unspecified atom stereocenters. The summed E-state index contributed by atoms with van der Waals surface area (Å²) in [6, 6.07) is 9.72. The van der Waals surface area contributed by atoms with Crippen LogP contribution in [0.5, 0.6) is 0 Å². The van der Waals surface area contributed by atoms with E-state index in [1.807, 2.05) is 37.3 Å². The molecule has 0 spiro atoms. The molecule has 1 atom stereocenters. The lowest BCUT2D eigenvalue weighted by Crippen LogP contribution is -2.43. The summed E-state index contributed by atoms with van der Waals surface area (Å²) in [5.74, 6) is -0.305. The Morgan fingerprint density at radius 1 is 1.30 bits per heavy atom. The number of hydrogen-bond donors (Lipinski definition) is 2. The van der Waals surface area contributed by atoms with Gasteiger partial charge in [0.1, 0.15) is 0 Å². The summed E-state index contributed by atoms with van der Waals surface area (Å²) >= 11 is 1.35. The third kappa shape index (κ3) is 4.01. The van der Waals surface area contributed by atoms with Crippen LogP contribution in [-0.4, -0.2) is 28.2 Å². The van der Waals surface area contributed by atoms with E-state index in [1.54, 1.807) is 6.92 Å². The number of urea groups is 1. The SMILES string of the molecule is Cc1cc(SC(C)C(=O)NC(=O)NC2CC2)nc2ccccc12. The Balaban J connectivity index is 1.65. The van der Waals surface area contributed by atoms with Gasteiger partial charge in [-0.2, -0.15) is 0 Å². The molecule has 0 aliphatic heterocycles. The predicted octanol–water partition coefficient (Wildman–Crippen LogP) is 3.01. The first-order chi connectivity index (χ1) is 11.0. The number of hydrogen-bond acceptors (Lipinski definition) is 4. The molecule has 120 valence electrons. The summed E-state index contributed by atoms with van der Waals surface area (Å²) < 4.78 is 0. The van der Waals surface area contributed by atoms with Gasteiger partial charge in [0, 0.05) is 11.4 Å². The standard InChI is InChI=1S/C17H19N3O2S/c1-10-9-15(19-14-6-4-3-5-13(10)14)23-11(2)16(21)20-17(22)18-12-7-8-12/h3-6,9,11-12H,7-8H2,1-2H3,(H2,18,20,21,22). The number of nitrogens with zero attached hydrogens (tertiary/aromatic N) is 1. The molecule has 23 heavy (non-hydrogen) atoms. The lowest BCUT2D eigenvalue weighted by Gasteiger charge is -2.12. The number of aryl methyl sites for hydroxylation is 1. The number of nitrogens with one attached hydrogen (secondary N) is 2. The van der Waals surface area contributed by atoms with Gasteiger partial charge in [-0.3, -0.25) is 10.1 Å². The van der Waals surface area contributed by atoms with Crippen molar-refractivity contribution >= 4 is 34.6 Å². The van der Waals surface area contributed by atoms with Crippen molar-refractivity contribution in [3.63, 3.8) is 0 Å². The highest BCUT2D eigenvalue weighted by molar-refractivity contribution is 8.00. The summed E-state index contributed by atoms with van der Waals surface area (Å²) in [5.41, 5.74) is 2.03. The fourth-order valence-corrected chi connectivity index (χ4v) is 3.20. The van der Waals surface area contributed by atoms with Crippen LogP contribution in [0.25, 0.3) is 10.9 Å². The first kappa shape index (κ1) is 15.8. The number of rotatable bonds is 4. The maximum atomic E-state index is 12.1. The average molecular weight is 329 g/mol. The fraction of sp³-hybridized carbons (Fsp3) is 0.353. The van der Waals surface area contributed by atoms with E-state index < -0.39 is 11.3 Å². The van der Waals surface area contributed by atoms with Crippen LogP contribution >= 0.6 is 11.8 Å². The number of imide groups is 1. The van der Waals surface area contributed by atoms with Gasteiger partial charge in [0.25, 0.3) is 0 Å². The van der Waals surface area contributed by atoms with Crippen molar-refractivity contribution in [2.75, 3.05) is 0 Å². The molecule has 0 radical (unpaired) electrons. The van der Waals surface area contributed by atoms with Crippen LogP contribution in [0.1, 0.15) is 25.3 Å². The number of amides is 3. The van der Waals surface area contributed by atoms with Gasteiger partial charge in [0.2, 0.25) is 5.91 Å². The first-order valence-corrected chi connectivity index (χ1v) is 8.55. The maximum absolute atomic E-state index is 12.1. The van der Waals surface area contributed by atoms with E-state index in [1.165, 1.54) is 11.8 Å². The molecule has 0 saturated heterocycles. The number of carbonyl (C=O) groups excluding carboxylic acids is 2. The van der Waals surface area contributed by atoms with Crippen molar-refractivity contribution in [3.05, 3.63) is 35.9 Å². The summed E-state index contributed by atoms with van der Waals surface area (Å²) in [5, 5.41) is 6.62. The molecule has 2 aromatic rings. The smallest absolute Gasteiger partial charge is 0.321 e. The Bertz CT molecular complexity index is 759. The van der Waals surface area contributed by atoms with E-state index in [9.17, 15) is 9.59 Å². The van der Waals surface area contributed by atoms with Crippen LogP contribution in [0.3, 0.4) is 0 Å². The normalized spacial score (nSPS) is 15.2. The van der Waals surface area contributed by atoms with Crippen LogP contribution < -0.4 is 10.6 Å². The molecule has 1 saturated carbocycles. The van der Waals surface area contributed by atoms with Crippen molar-refractivity contribution in [2.24, 2.45) is 0 Å². The van der Waals surface area contributed by atoms with Crippen molar-refractivity contribution in [1.29, 1.82) is 0 Å². The minimum absolute atomic E-state index is 0.232. The molecule has 0 bridgehead atoms. The van der Waals surface area contributed by atoms with Gasteiger partial charge in [0.15, 0.2) is 0 Å². The molecule has 6 heteroatoms. The Labute approximate surface area is 139 Å². The third-order valence-corrected chi connectivity index (χ3v) is 4.73. The lowest BCUT2D eigenvalue weighted by atomic mass is 10.1. The van der Waals surface area contributed by atoms with E-state index in [2.05, 4.69) is 15.6 Å². The quantitative estimate of drug-likeness (QED) is 0.846. The number of pyridine rings is 1. The van der Waals surface area contributed by atoms with Crippen LogP contribution in [0, 0.1) is 6.92 Å². The predicted molar refractivity (Wildman–Crippen MR) is 91.5 cm³/mol. The van der Waals surface area contributed by atoms with Crippen LogP contribution in [0.4, 0.5) is 4.79 Å². The molecule has 1 aromatic carbocycles. The van der Waals surface area contributed by atoms with E-state index in [4.69, 9.17) is 0 Å². The Hall–Kier alpha value is -2.08. The van der Waals surface area contributed by atoms with Gasteiger partial charge in [-0.15, -0.1) is 0 Å². The number of benzene rings is 1. The van der Waals surface area contributed by atoms with E-state index >= 15 is 0 Å². The van der Waals surface area contributed by atoms with Crippen molar-refractivity contribution in [1.82, 2.24) is 15.6 Å². The summed E-state index contributed by atoms with van der Waals surface area (Å²) in [7, 11) is 0. The average Bonchev–Trinajstić information content (AvgIpc) is 3.31. The second-order valence-electron chi connectivity index (χ2n) is 5.79. The summed E-state index contributed by atoms with van der Waals surface area (Å²) in [6.45, 7) is 3.80. The second kappa shape index (κ2) is 6.58. The fourth-order valence-electron chi connectivity index (χ4n) is 2.28. The summed E-state index contributed by atoms with van der Waals surface area (Å²) in [4.78, 5) is 28.3. The third-order valence-electron chi connectivity index (χ3n) is 3.72. The minimum atomic E-state index is -0.410. The summed E-state index contributed by atoms with van der Waals surface area (Å²) in [6.07, 6.45) is 1.98. The maximum Gasteiger partial charge on any atom is 0.321 e. The van der Waals surface area contributed by atoms with Gasteiger partial charge in [0.05, 0.1) is 15.8 Å². The molecule has 5 nitrogen and oxygen atoms in total. The Morgan fingerprint density at radius 3 is 2.78 bits per heavy atom. The Morgan fingerprint density at radius 2 is 2.04 bits per heavy atom. The molecule has 1 aliphatic rings. The number of para-hydroxylation sites is 1. The lowest BCUT2D eigenvalue weighted by molar-refractivity contribution is -0.119. The highest BCUT2D eigenvalue weighted by atomic mass is 32.2. The van der Waals surface area contributed by atoms with Gasteiger partial charge in [-0.25, -0.2) is 9.78 Å². The van der Waals surface area contributed by atoms with Crippen molar-refractivity contribution < 1.29 is 9.59 Å². The molecule has 1 fully saturated rings. The second-order valence-corrected chi connectivity index (χ2v) is 7.15. The highest BCUT2D eigenvalue weighted by Crippen LogP contribution is 2.26. The number of thioether (sulfide) groups is 1. The number of carbonyl (C=O) groups is 2. The van der Waals surface area contributed by atoms with Gasteiger partial charge in [-0.05, 0) is 44.4 Å². The number of aromatic nitrogens is 1. The van der Waals surface area contributed by atoms with Gasteiger partial charge in [-0.1, -0.05) is 30.0 Å². The number of fused-ring (bicyclic) bond motifs is 1. The molecule has 1 aromatic heterocycles. The van der Waals surface area contributed by atoms with Gasteiger partial charge >= 0.3 is 6.03 Å². The van der Waals surface area contributed by atoms with Crippen LogP contribution in [0.2, 0.25) is 0 Å². The molecular formula is C17H19N3O2S. The Kier molecular flexibility index (Phi) is 4.52. The van der Waals surface area contributed by atoms with E-state index in [0.717, 1.165) is 34.3 Å². The van der Waals surface area contributed by atoms with Gasteiger partial charge < -0.3 is 5.32 Å². The van der Waals surface area contributed by atoms with Crippen molar-refractivity contribution in [3.8, 4) is 0 Å². The largest absolute Gasteiger partial charge is 0.335 e. The zero-order chi connectivity index (χ0) is 16.4. The topological polar surface area (TPSA) is 71.1 Å². The van der Waals surface area contributed by atoms with Crippen LogP contribution in [0.15, 0.2) is 35.4 Å². The zero-order valence-electron chi connectivity index (χ0n) is 13.1. The molecule has 2 N–H and O–H groups in total. The molecular weight excluding hydrogens is 310 g/mol. The van der Waals surface area contributed by atoms with Crippen LogP contribution in [-0.2, 0) is 4.79 Å². The monoisotopic (exact) mass is 329 g/mol. The van der Waals surface area contributed by atoms with Crippen molar-refractivity contribution in [2.45, 2.75) is 43.0 Å². The molecule has 3 amide bonds. The zero-order valence-corrected chi connectivity index (χ0v) is 13.9. The highest BCUT2D eigenvalue weighted by Gasteiger charge is 2.25. The van der Waals surface area contributed by atoms with E-state index in [-0.39, 0.29) is 11.9 Å².